The van der Waals surface area contributed by atoms with Gasteiger partial charge in [-0.05, 0) is 29.8 Å². The van der Waals surface area contributed by atoms with Crippen LogP contribution in [0.5, 0.6) is 0 Å². The molecule has 5 heteroatoms. The molecular weight excluding hydrogens is 292 g/mol. The molecule has 0 atom stereocenters. The van der Waals surface area contributed by atoms with Crippen LogP contribution in [0, 0.1) is 0 Å². The fourth-order valence-electron chi connectivity index (χ4n) is 2.15. The first-order valence-corrected chi connectivity index (χ1v) is 7.11. The van der Waals surface area contributed by atoms with Gasteiger partial charge in [-0.3, -0.25) is 9.78 Å². The molecule has 0 bridgehead atoms. The number of hydrogen-bond donors (Lipinski definition) is 1. The van der Waals surface area contributed by atoms with Gasteiger partial charge in [0.1, 0.15) is 11.4 Å². The van der Waals surface area contributed by atoms with E-state index >= 15 is 0 Å². The Labute approximate surface area is 132 Å². The Bertz CT molecular complexity index is 858. The number of nitrogens with one attached hydrogen (secondary N) is 1. The molecular formula is C18H14N2O3. The maximum Gasteiger partial charge on any atom is 0.360 e. The topological polar surface area (TPSA) is 72.2 Å². The van der Waals surface area contributed by atoms with E-state index in [-0.39, 0.29) is 18.0 Å². The standard InChI is InChI=1S/C18H14N2O3/c21-17(11-13-5-2-1-3-6-13)20-15-8-9-16(23-18(15)22)14-7-4-10-19-12-14/h1-10,12H,11H2,(H,20,21). The summed E-state index contributed by atoms with van der Waals surface area (Å²) in [6.45, 7) is 0. The van der Waals surface area contributed by atoms with Crippen molar-refractivity contribution >= 4 is 11.6 Å². The lowest BCUT2D eigenvalue weighted by molar-refractivity contribution is -0.115. The van der Waals surface area contributed by atoms with Gasteiger partial charge in [0.15, 0.2) is 0 Å². The SMILES string of the molecule is O=C(Cc1ccccc1)Nc1ccc(-c2cccnc2)oc1=O. The van der Waals surface area contributed by atoms with E-state index in [0.29, 0.717) is 11.3 Å². The Balaban J connectivity index is 1.74. The molecule has 1 amide bonds. The predicted molar refractivity (Wildman–Crippen MR) is 87.0 cm³/mol. The average molecular weight is 306 g/mol. The molecule has 3 aromatic rings. The van der Waals surface area contributed by atoms with Crippen molar-refractivity contribution in [1.29, 1.82) is 0 Å². The van der Waals surface area contributed by atoms with Crippen LogP contribution in [0.4, 0.5) is 5.69 Å². The molecule has 0 saturated carbocycles. The molecule has 23 heavy (non-hydrogen) atoms. The predicted octanol–water partition coefficient (Wildman–Crippen LogP) is 2.88. The Morgan fingerprint density at radius 2 is 1.87 bits per heavy atom. The summed E-state index contributed by atoms with van der Waals surface area (Å²) >= 11 is 0. The first-order valence-electron chi connectivity index (χ1n) is 7.11. The highest BCUT2D eigenvalue weighted by molar-refractivity contribution is 5.92. The maximum absolute atomic E-state index is 12.0. The fraction of sp³-hybridized carbons (Fsp3) is 0.0556. The smallest absolute Gasteiger partial charge is 0.360 e. The van der Waals surface area contributed by atoms with Gasteiger partial charge in [-0.15, -0.1) is 0 Å². The van der Waals surface area contributed by atoms with Gasteiger partial charge in [-0.2, -0.15) is 0 Å². The van der Waals surface area contributed by atoms with Crippen LogP contribution in [0.15, 0.2) is 76.2 Å². The second kappa shape index (κ2) is 6.70. The zero-order valence-corrected chi connectivity index (χ0v) is 12.2. The number of amides is 1. The van der Waals surface area contributed by atoms with Crippen LogP contribution in [0.25, 0.3) is 11.3 Å². The van der Waals surface area contributed by atoms with Crippen molar-refractivity contribution in [1.82, 2.24) is 4.98 Å². The van der Waals surface area contributed by atoms with Gasteiger partial charge in [-0.1, -0.05) is 30.3 Å². The molecule has 0 radical (unpaired) electrons. The number of benzene rings is 1. The van der Waals surface area contributed by atoms with Gasteiger partial charge in [0, 0.05) is 18.0 Å². The van der Waals surface area contributed by atoms with E-state index in [1.165, 1.54) is 6.07 Å². The number of pyridine rings is 1. The summed E-state index contributed by atoms with van der Waals surface area (Å²) in [7, 11) is 0. The second-order valence-electron chi connectivity index (χ2n) is 4.95. The molecule has 5 nitrogen and oxygen atoms in total. The minimum absolute atomic E-state index is 0.124. The molecule has 2 aromatic heterocycles. The van der Waals surface area contributed by atoms with Gasteiger partial charge >= 0.3 is 5.63 Å². The van der Waals surface area contributed by atoms with E-state index < -0.39 is 5.63 Å². The van der Waals surface area contributed by atoms with E-state index in [4.69, 9.17) is 4.42 Å². The van der Waals surface area contributed by atoms with E-state index in [1.54, 1.807) is 30.6 Å². The van der Waals surface area contributed by atoms with Gasteiger partial charge in [0.05, 0.1) is 6.42 Å². The second-order valence-corrected chi connectivity index (χ2v) is 4.95. The quantitative estimate of drug-likeness (QED) is 0.804. The summed E-state index contributed by atoms with van der Waals surface area (Å²) in [6.07, 6.45) is 3.44. The van der Waals surface area contributed by atoms with Gasteiger partial charge in [0.2, 0.25) is 5.91 Å². The lowest BCUT2D eigenvalue weighted by Crippen LogP contribution is -2.19. The molecule has 2 heterocycles. The molecule has 0 aliphatic heterocycles. The van der Waals surface area contributed by atoms with E-state index in [2.05, 4.69) is 10.3 Å². The van der Waals surface area contributed by atoms with Crippen LogP contribution in [-0.2, 0) is 11.2 Å². The van der Waals surface area contributed by atoms with Crippen molar-refractivity contribution in [2.24, 2.45) is 0 Å². The molecule has 0 aliphatic carbocycles. The Morgan fingerprint density at radius 3 is 2.57 bits per heavy atom. The number of aromatic nitrogens is 1. The summed E-state index contributed by atoms with van der Waals surface area (Å²) < 4.78 is 5.24. The molecule has 0 fully saturated rings. The number of hydrogen-bond acceptors (Lipinski definition) is 4. The molecule has 0 unspecified atom stereocenters. The van der Waals surface area contributed by atoms with Crippen molar-refractivity contribution in [3.63, 3.8) is 0 Å². The molecule has 0 saturated heterocycles. The number of carbonyl (C=O) groups excluding carboxylic acids is 1. The zero-order valence-electron chi connectivity index (χ0n) is 12.2. The molecule has 1 N–H and O–H groups in total. The third-order valence-corrected chi connectivity index (χ3v) is 3.25. The molecule has 1 aromatic carbocycles. The largest absolute Gasteiger partial charge is 0.421 e. The van der Waals surface area contributed by atoms with Crippen molar-refractivity contribution in [2.75, 3.05) is 5.32 Å². The van der Waals surface area contributed by atoms with E-state index in [9.17, 15) is 9.59 Å². The highest BCUT2D eigenvalue weighted by Crippen LogP contribution is 2.17. The molecule has 114 valence electrons. The van der Waals surface area contributed by atoms with Crippen LogP contribution in [-0.4, -0.2) is 10.9 Å². The summed E-state index contributed by atoms with van der Waals surface area (Å²) in [4.78, 5) is 28.0. The number of rotatable bonds is 4. The summed E-state index contributed by atoms with van der Waals surface area (Å²) in [5.41, 5.74) is 1.11. The third kappa shape index (κ3) is 3.71. The summed E-state index contributed by atoms with van der Waals surface area (Å²) in [5, 5.41) is 2.58. The zero-order chi connectivity index (χ0) is 16.1. The molecule has 0 aliphatic rings. The van der Waals surface area contributed by atoms with Crippen molar-refractivity contribution in [2.45, 2.75) is 6.42 Å². The maximum atomic E-state index is 12.0. The van der Waals surface area contributed by atoms with Gasteiger partial charge in [0.25, 0.3) is 0 Å². The lowest BCUT2D eigenvalue weighted by Gasteiger charge is -2.05. The minimum Gasteiger partial charge on any atom is -0.421 e. The number of nitrogens with zero attached hydrogens (tertiary/aromatic N) is 1. The van der Waals surface area contributed by atoms with Crippen LogP contribution < -0.4 is 10.9 Å². The first kappa shape index (κ1) is 14.7. The monoisotopic (exact) mass is 306 g/mol. The Morgan fingerprint density at radius 1 is 1.04 bits per heavy atom. The number of anilines is 1. The van der Waals surface area contributed by atoms with Crippen LogP contribution in [0.3, 0.4) is 0 Å². The van der Waals surface area contributed by atoms with Crippen molar-refractivity contribution in [3.8, 4) is 11.3 Å². The average Bonchev–Trinajstić information content (AvgIpc) is 2.58. The van der Waals surface area contributed by atoms with E-state index in [1.807, 2.05) is 30.3 Å². The molecule has 3 rings (SSSR count). The van der Waals surface area contributed by atoms with Crippen molar-refractivity contribution in [3.05, 3.63) is 83.0 Å². The highest BCUT2D eigenvalue weighted by atomic mass is 16.4. The normalized spacial score (nSPS) is 10.3. The van der Waals surface area contributed by atoms with Gasteiger partial charge < -0.3 is 9.73 Å². The lowest BCUT2D eigenvalue weighted by atomic mass is 10.1. The summed E-state index contributed by atoms with van der Waals surface area (Å²) in [5.74, 6) is 0.141. The summed E-state index contributed by atoms with van der Waals surface area (Å²) in [6, 6.07) is 16.0. The molecule has 0 spiro atoms. The van der Waals surface area contributed by atoms with Crippen LogP contribution in [0.2, 0.25) is 0 Å². The van der Waals surface area contributed by atoms with Gasteiger partial charge in [-0.25, -0.2) is 4.79 Å². The Kier molecular flexibility index (Phi) is 4.29. The Hall–Kier alpha value is -3.21. The van der Waals surface area contributed by atoms with E-state index in [0.717, 1.165) is 5.56 Å². The fourth-order valence-corrected chi connectivity index (χ4v) is 2.15. The van der Waals surface area contributed by atoms with Crippen LogP contribution >= 0.6 is 0 Å². The van der Waals surface area contributed by atoms with Crippen LogP contribution in [0.1, 0.15) is 5.56 Å². The minimum atomic E-state index is -0.590. The highest BCUT2D eigenvalue weighted by Gasteiger charge is 2.09. The first-order chi connectivity index (χ1) is 11.2. The van der Waals surface area contributed by atoms with Crippen molar-refractivity contribution < 1.29 is 9.21 Å². The number of carbonyl (C=O) groups is 1. The third-order valence-electron chi connectivity index (χ3n) is 3.25.